The van der Waals surface area contributed by atoms with Crippen LogP contribution in [0.25, 0.3) is 0 Å². The standard InChI is InChI=1S/C7H10N4OS/c1-4-8-7(10-9-4)11-3-5(13)2-6(11)12/h5,13H,2-3H2,1H3,(H,8,9,10). The lowest BCUT2D eigenvalue weighted by molar-refractivity contribution is -0.117. The molecule has 1 saturated heterocycles. The molecule has 0 saturated carbocycles. The minimum Gasteiger partial charge on any atom is -0.278 e. The summed E-state index contributed by atoms with van der Waals surface area (Å²) >= 11 is 4.24. The first-order chi connectivity index (χ1) is 6.16. The van der Waals surface area contributed by atoms with Gasteiger partial charge in [0.15, 0.2) is 0 Å². The zero-order valence-electron chi connectivity index (χ0n) is 7.19. The van der Waals surface area contributed by atoms with Gasteiger partial charge in [-0.1, -0.05) is 0 Å². The number of nitrogens with zero attached hydrogens (tertiary/aromatic N) is 3. The van der Waals surface area contributed by atoms with Gasteiger partial charge in [0.05, 0.1) is 0 Å². The monoisotopic (exact) mass is 198 g/mol. The van der Waals surface area contributed by atoms with Crippen LogP contribution in [0.15, 0.2) is 0 Å². The molecular weight excluding hydrogens is 188 g/mol. The fraction of sp³-hybridized carbons (Fsp3) is 0.571. The molecule has 0 radical (unpaired) electrons. The van der Waals surface area contributed by atoms with Crippen molar-refractivity contribution >= 4 is 24.5 Å². The molecule has 70 valence electrons. The van der Waals surface area contributed by atoms with Gasteiger partial charge in [-0.15, -0.1) is 5.10 Å². The number of carbonyl (C=O) groups is 1. The molecule has 1 aromatic heterocycles. The van der Waals surface area contributed by atoms with Gasteiger partial charge in [0.25, 0.3) is 5.95 Å². The van der Waals surface area contributed by atoms with E-state index in [1.807, 2.05) is 0 Å². The van der Waals surface area contributed by atoms with Gasteiger partial charge in [-0.05, 0) is 6.92 Å². The number of carbonyl (C=O) groups excluding carboxylic acids is 1. The Balaban J connectivity index is 2.22. The number of hydrogen-bond acceptors (Lipinski definition) is 4. The van der Waals surface area contributed by atoms with Crippen LogP contribution in [0.2, 0.25) is 0 Å². The Morgan fingerprint density at radius 3 is 2.92 bits per heavy atom. The van der Waals surface area contributed by atoms with Gasteiger partial charge in [0, 0.05) is 18.2 Å². The average Bonchev–Trinajstić information content (AvgIpc) is 2.58. The molecule has 1 fully saturated rings. The first kappa shape index (κ1) is 8.55. The molecule has 13 heavy (non-hydrogen) atoms. The quantitative estimate of drug-likeness (QED) is 0.631. The lowest BCUT2D eigenvalue weighted by Gasteiger charge is -2.09. The molecule has 1 aromatic rings. The lowest BCUT2D eigenvalue weighted by Crippen LogP contribution is -2.25. The lowest BCUT2D eigenvalue weighted by atomic mass is 10.4. The second kappa shape index (κ2) is 3.02. The summed E-state index contributed by atoms with van der Waals surface area (Å²) in [5, 5.41) is 6.72. The molecular formula is C7H10N4OS. The van der Waals surface area contributed by atoms with E-state index in [0.29, 0.717) is 24.7 Å². The summed E-state index contributed by atoms with van der Waals surface area (Å²) in [6, 6.07) is 0. The third-order valence-electron chi connectivity index (χ3n) is 1.93. The van der Waals surface area contributed by atoms with Crippen LogP contribution in [0, 0.1) is 6.92 Å². The highest BCUT2D eigenvalue weighted by Crippen LogP contribution is 2.20. The number of aryl methyl sites for hydroxylation is 1. The number of anilines is 1. The maximum absolute atomic E-state index is 11.4. The number of thiol groups is 1. The molecule has 2 heterocycles. The Labute approximate surface area is 80.9 Å². The van der Waals surface area contributed by atoms with E-state index in [9.17, 15) is 4.79 Å². The van der Waals surface area contributed by atoms with Crippen LogP contribution >= 0.6 is 12.6 Å². The summed E-state index contributed by atoms with van der Waals surface area (Å²) in [7, 11) is 0. The summed E-state index contributed by atoms with van der Waals surface area (Å²) in [6.07, 6.45) is 0.469. The summed E-state index contributed by atoms with van der Waals surface area (Å²) < 4.78 is 0. The Hall–Kier alpha value is -1.04. The molecule has 1 atom stereocenters. The van der Waals surface area contributed by atoms with Gasteiger partial charge in [0.2, 0.25) is 5.91 Å². The van der Waals surface area contributed by atoms with Crippen LogP contribution in [-0.2, 0) is 4.79 Å². The largest absolute Gasteiger partial charge is 0.278 e. The summed E-state index contributed by atoms with van der Waals surface area (Å²) in [5.41, 5.74) is 0. The van der Waals surface area contributed by atoms with Gasteiger partial charge in [-0.25, -0.2) is 0 Å². The van der Waals surface area contributed by atoms with Crippen LogP contribution in [0.5, 0.6) is 0 Å². The second-order valence-electron chi connectivity index (χ2n) is 3.08. The Bertz CT molecular complexity index is 337. The Kier molecular flexibility index (Phi) is 1.99. The average molecular weight is 198 g/mol. The third-order valence-corrected chi connectivity index (χ3v) is 2.28. The number of hydrogen-bond donors (Lipinski definition) is 2. The molecule has 1 N–H and O–H groups in total. The molecule has 0 aromatic carbocycles. The topological polar surface area (TPSA) is 61.9 Å². The molecule has 5 nitrogen and oxygen atoms in total. The van der Waals surface area contributed by atoms with E-state index < -0.39 is 0 Å². The van der Waals surface area contributed by atoms with Crippen molar-refractivity contribution in [3.8, 4) is 0 Å². The predicted molar refractivity (Wildman–Crippen MR) is 50.9 cm³/mol. The van der Waals surface area contributed by atoms with E-state index in [-0.39, 0.29) is 11.2 Å². The molecule has 1 amide bonds. The van der Waals surface area contributed by atoms with Gasteiger partial charge < -0.3 is 0 Å². The number of aromatic amines is 1. The number of aromatic nitrogens is 3. The fourth-order valence-corrected chi connectivity index (χ4v) is 1.65. The van der Waals surface area contributed by atoms with E-state index in [2.05, 4.69) is 27.8 Å². The Morgan fingerprint density at radius 1 is 1.69 bits per heavy atom. The van der Waals surface area contributed by atoms with E-state index in [1.165, 1.54) is 0 Å². The van der Waals surface area contributed by atoms with E-state index in [1.54, 1.807) is 11.8 Å². The summed E-state index contributed by atoms with van der Waals surface area (Å²) in [5.74, 6) is 1.21. The molecule has 2 rings (SSSR count). The van der Waals surface area contributed by atoms with Crippen LogP contribution in [-0.4, -0.2) is 32.9 Å². The van der Waals surface area contributed by atoms with Gasteiger partial charge in [-0.2, -0.15) is 17.6 Å². The van der Waals surface area contributed by atoms with Crippen LogP contribution in [0.3, 0.4) is 0 Å². The van der Waals surface area contributed by atoms with Crippen LogP contribution in [0.4, 0.5) is 5.95 Å². The first-order valence-electron chi connectivity index (χ1n) is 4.04. The number of amides is 1. The van der Waals surface area contributed by atoms with Crippen molar-refractivity contribution in [1.82, 2.24) is 15.2 Å². The fourth-order valence-electron chi connectivity index (χ4n) is 1.33. The zero-order valence-corrected chi connectivity index (χ0v) is 8.08. The highest BCUT2D eigenvalue weighted by Gasteiger charge is 2.30. The van der Waals surface area contributed by atoms with Crippen molar-refractivity contribution < 1.29 is 4.79 Å². The van der Waals surface area contributed by atoms with Crippen molar-refractivity contribution in [3.63, 3.8) is 0 Å². The predicted octanol–water partition coefficient (Wildman–Crippen LogP) is 0.148. The van der Waals surface area contributed by atoms with Gasteiger partial charge in [-0.3, -0.25) is 14.8 Å². The van der Waals surface area contributed by atoms with Crippen LogP contribution in [0.1, 0.15) is 12.2 Å². The smallest absolute Gasteiger partial charge is 0.251 e. The molecule has 0 aliphatic carbocycles. The first-order valence-corrected chi connectivity index (χ1v) is 4.56. The Morgan fingerprint density at radius 2 is 2.46 bits per heavy atom. The number of rotatable bonds is 1. The normalized spacial score (nSPS) is 22.8. The van der Waals surface area contributed by atoms with E-state index >= 15 is 0 Å². The number of nitrogens with one attached hydrogen (secondary N) is 1. The second-order valence-corrected chi connectivity index (χ2v) is 3.81. The molecule has 1 aliphatic rings. The molecule has 1 aliphatic heterocycles. The molecule has 0 bridgehead atoms. The highest BCUT2D eigenvalue weighted by molar-refractivity contribution is 7.81. The van der Waals surface area contributed by atoms with Crippen molar-refractivity contribution in [2.24, 2.45) is 0 Å². The van der Waals surface area contributed by atoms with E-state index in [4.69, 9.17) is 0 Å². The molecule has 6 heteroatoms. The minimum absolute atomic E-state index is 0.0407. The van der Waals surface area contributed by atoms with Crippen molar-refractivity contribution in [2.75, 3.05) is 11.4 Å². The van der Waals surface area contributed by atoms with Crippen molar-refractivity contribution in [3.05, 3.63) is 5.82 Å². The van der Waals surface area contributed by atoms with Crippen LogP contribution < -0.4 is 4.90 Å². The third kappa shape index (κ3) is 1.53. The van der Waals surface area contributed by atoms with E-state index in [0.717, 1.165) is 0 Å². The molecule has 0 spiro atoms. The number of H-pyrrole nitrogens is 1. The minimum atomic E-state index is 0.0407. The van der Waals surface area contributed by atoms with Gasteiger partial charge >= 0.3 is 0 Å². The summed E-state index contributed by atoms with van der Waals surface area (Å²) in [4.78, 5) is 17.0. The molecule has 1 unspecified atom stereocenters. The van der Waals surface area contributed by atoms with Crippen molar-refractivity contribution in [1.29, 1.82) is 0 Å². The maximum atomic E-state index is 11.4. The van der Waals surface area contributed by atoms with Gasteiger partial charge in [0.1, 0.15) is 5.82 Å². The SMILES string of the molecule is Cc1nc(N2CC(S)CC2=O)n[nH]1. The zero-order chi connectivity index (χ0) is 9.42. The summed E-state index contributed by atoms with van der Waals surface area (Å²) in [6.45, 7) is 2.40. The maximum Gasteiger partial charge on any atom is 0.251 e. The highest BCUT2D eigenvalue weighted by atomic mass is 32.1. The van der Waals surface area contributed by atoms with Crippen molar-refractivity contribution in [2.45, 2.75) is 18.6 Å².